The number of imidazole rings is 1. The maximum Gasteiger partial charge on any atom is 0.136 e. The van der Waals surface area contributed by atoms with E-state index in [0.717, 1.165) is 12.1 Å². The van der Waals surface area contributed by atoms with Gasteiger partial charge in [-0.3, -0.25) is 0 Å². The van der Waals surface area contributed by atoms with Crippen molar-refractivity contribution < 1.29 is 0 Å². The first kappa shape index (κ1) is 12.8. The molecule has 0 aliphatic heterocycles. The van der Waals surface area contributed by atoms with E-state index in [1.165, 1.54) is 11.1 Å². The summed E-state index contributed by atoms with van der Waals surface area (Å²) >= 11 is 0. The Hall–Kier alpha value is -1.31. The highest BCUT2D eigenvalue weighted by Crippen LogP contribution is 2.15. The van der Waals surface area contributed by atoms with Crippen LogP contribution in [0, 0.1) is 12.8 Å². The summed E-state index contributed by atoms with van der Waals surface area (Å²) in [6.45, 7) is 10.7. The third-order valence-electron chi connectivity index (χ3n) is 2.47. The summed E-state index contributed by atoms with van der Waals surface area (Å²) in [5, 5.41) is 0. The molecule has 0 radical (unpaired) electrons. The number of hydrogen-bond donors (Lipinski definition) is 0. The zero-order valence-electron chi connectivity index (χ0n) is 11.0. The number of nitrogens with zero attached hydrogens (tertiary/aromatic N) is 2. The summed E-state index contributed by atoms with van der Waals surface area (Å²) in [6, 6.07) is 2.15. The molecule has 2 rings (SSSR count). The zero-order chi connectivity index (χ0) is 12.1. The van der Waals surface area contributed by atoms with Gasteiger partial charge in [0.1, 0.15) is 5.65 Å². The van der Waals surface area contributed by atoms with Crippen molar-refractivity contribution in [3.63, 3.8) is 0 Å². The third kappa shape index (κ3) is 2.84. The smallest absolute Gasteiger partial charge is 0.136 e. The van der Waals surface area contributed by atoms with Gasteiger partial charge >= 0.3 is 0 Å². The normalized spacial score (nSPS) is 10.4. The molecule has 2 aromatic heterocycles. The molecule has 0 fully saturated rings. The molecule has 0 saturated carbocycles. The first-order valence-electron chi connectivity index (χ1n) is 6.09. The molecule has 0 N–H and O–H groups in total. The Morgan fingerprint density at radius 1 is 1.31 bits per heavy atom. The average Bonchev–Trinajstić information content (AvgIpc) is 2.68. The van der Waals surface area contributed by atoms with E-state index >= 15 is 0 Å². The van der Waals surface area contributed by atoms with Crippen molar-refractivity contribution in [3.8, 4) is 0 Å². The van der Waals surface area contributed by atoms with Crippen LogP contribution in [0.1, 0.15) is 38.8 Å². The molecule has 0 saturated heterocycles. The molecular weight excluding hydrogens is 196 g/mol. The lowest BCUT2D eigenvalue weighted by molar-refractivity contribution is 0.642. The van der Waals surface area contributed by atoms with Crippen molar-refractivity contribution in [1.82, 2.24) is 9.38 Å². The summed E-state index contributed by atoms with van der Waals surface area (Å²) in [4.78, 5) is 4.26. The van der Waals surface area contributed by atoms with Crippen LogP contribution in [0.5, 0.6) is 0 Å². The van der Waals surface area contributed by atoms with Gasteiger partial charge in [0.25, 0.3) is 0 Å². The molecule has 2 heteroatoms. The molecule has 16 heavy (non-hydrogen) atoms. The molecule has 0 aromatic carbocycles. The van der Waals surface area contributed by atoms with Gasteiger partial charge in [0.15, 0.2) is 0 Å². The highest BCUT2D eigenvalue weighted by atomic mass is 15.0. The van der Waals surface area contributed by atoms with Crippen LogP contribution in [0.15, 0.2) is 24.7 Å². The van der Waals surface area contributed by atoms with Crippen molar-refractivity contribution in [2.75, 3.05) is 0 Å². The van der Waals surface area contributed by atoms with Crippen molar-refractivity contribution in [2.45, 2.75) is 41.0 Å². The van der Waals surface area contributed by atoms with Gasteiger partial charge in [-0.05, 0) is 36.5 Å². The number of fused-ring (bicyclic) bond motifs is 1. The molecule has 0 aliphatic carbocycles. The molecule has 88 valence electrons. The van der Waals surface area contributed by atoms with E-state index in [-0.39, 0.29) is 0 Å². The second-order valence-electron chi connectivity index (χ2n) is 4.27. The fourth-order valence-electron chi connectivity index (χ4n) is 1.76. The molecule has 0 unspecified atom stereocenters. The summed E-state index contributed by atoms with van der Waals surface area (Å²) < 4.78 is 2.09. The van der Waals surface area contributed by atoms with Crippen LogP contribution in [0.4, 0.5) is 0 Å². The van der Waals surface area contributed by atoms with E-state index in [9.17, 15) is 0 Å². The van der Waals surface area contributed by atoms with Gasteiger partial charge in [0, 0.05) is 18.6 Å². The second-order valence-corrected chi connectivity index (χ2v) is 4.27. The Morgan fingerprint density at radius 3 is 2.62 bits per heavy atom. The average molecular weight is 218 g/mol. The van der Waals surface area contributed by atoms with Crippen LogP contribution in [-0.4, -0.2) is 9.38 Å². The standard InChI is InChI=1S/C12H16N2.C2H6/c1-9(2)6-11-8-14-5-4-13-12(14)7-10(11)3;1-2/h4-5,7-9H,6H2,1-3H3;1-2H3. The fraction of sp³-hybridized carbons (Fsp3) is 0.500. The van der Waals surface area contributed by atoms with Gasteiger partial charge in [-0.2, -0.15) is 0 Å². The Kier molecular flexibility index (Phi) is 4.53. The maximum atomic E-state index is 4.26. The minimum Gasteiger partial charge on any atom is -0.307 e. The molecular formula is C14H22N2. The van der Waals surface area contributed by atoms with E-state index in [4.69, 9.17) is 0 Å². The first-order chi connectivity index (χ1) is 7.66. The lowest BCUT2D eigenvalue weighted by Gasteiger charge is -2.09. The van der Waals surface area contributed by atoms with E-state index in [0.29, 0.717) is 5.92 Å². The van der Waals surface area contributed by atoms with Crippen molar-refractivity contribution in [1.29, 1.82) is 0 Å². The predicted octanol–water partition coefficient (Wildman–Crippen LogP) is 3.87. The van der Waals surface area contributed by atoms with Gasteiger partial charge < -0.3 is 4.40 Å². The third-order valence-corrected chi connectivity index (χ3v) is 2.47. The topological polar surface area (TPSA) is 17.3 Å². The quantitative estimate of drug-likeness (QED) is 0.748. The number of aromatic nitrogens is 2. The second kappa shape index (κ2) is 5.69. The Labute approximate surface area is 98.3 Å². The number of hydrogen-bond acceptors (Lipinski definition) is 1. The monoisotopic (exact) mass is 218 g/mol. The van der Waals surface area contributed by atoms with Gasteiger partial charge in [-0.15, -0.1) is 0 Å². The Morgan fingerprint density at radius 2 is 2.00 bits per heavy atom. The molecule has 0 aliphatic rings. The predicted molar refractivity (Wildman–Crippen MR) is 69.8 cm³/mol. The lowest BCUT2D eigenvalue weighted by atomic mass is 10.0. The number of rotatable bonds is 2. The van der Waals surface area contributed by atoms with Crippen molar-refractivity contribution in [2.24, 2.45) is 5.92 Å². The van der Waals surface area contributed by atoms with E-state index in [1.807, 2.05) is 26.2 Å². The van der Waals surface area contributed by atoms with Crippen LogP contribution < -0.4 is 0 Å². The van der Waals surface area contributed by atoms with Gasteiger partial charge in [0.05, 0.1) is 0 Å². The fourth-order valence-corrected chi connectivity index (χ4v) is 1.76. The van der Waals surface area contributed by atoms with Gasteiger partial charge in [0.2, 0.25) is 0 Å². The molecule has 0 amide bonds. The van der Waals surface area contributed by atoms with Crippen LogP contribution in [0.25, 0.3) is 5.65 Å². The first-order valence-corrected chi connectivity index (χ1v) is 6.09. The van der Waals surface area contributed by atoms with Crippen LogP contribution in [-0.2, 0) is 6.42 Å². The summed E-state index contributed by atoms with van der Waals surface area (Å²) in [5.41, 5.74) is 3.80. The highest BCUT2D eigenvalue weighted by Gasteiger charge is 2.04. The van der Waals surface area contributed by atoms with Gasteiger partial charge in [-0.1, -0.05) is 27.7 Å². The molecule has 0 spiro atoms. The Balaban J connectivity index is 0.000000606. The Bertz CT molecular complexity index is 441. The van der Waals surface area contributed by atoms with E-state index < -0.39 is 0 Å². The largest absolute Gasteiger partial charge is 0.307 e. The molecule has 2 nitrogen and oxygen atoms in total. The van der Waals surface area contributed by atoms with Gasteiger partial charge in [-0.25, -0.2) is 4.98 Å². The molecule has 0 bridgehead atoms. The lowest BCUT2D eigenvalue weighted by Crippen LogP contribution is -1.99. The molecule has 2 aromatic rings. The molecule has 0 atom stereocenters. The SMILES string of the molecule is CC.Cc1cc2nccn2cc1CC(C)C. The minimum absolute atomic E-state index is 0.703. The van der Waals surface area contributed by atoms with E-state index in [1.54, 1.807) is 0 Å². The maximum absolute atomic E-state index is 4.26. The van der Waals surface area contributed by atoms with E-state index in [2.05, 4.69) is 42.4 Å². The summed E-state index contributed by atoms with van der Waals surface area (Å²) in [6.07, 6.45) is 7.17. The number of pyridine rings is 1. The van der Waals surface area contributed by atoms with Crippen LogP contribution in [0.3, 0.4) is 0 Å². The van der Waals surface area contributed by atoms with Crippen molar-refractivity contribution >= 4 is 5.65 Å². The van der Waals surface area contributed by atoms with Crippen LogP contribution >= 0.6 is 0 Å². The zero-order valence-corrected chi connectivity index (χ0v) is 11.0. The summed E-state index contributed by atoms with van der Waals surface area (Å²) in [5.74, 6) is 0.703. The summed E-state index contributed by atoms with van der Waals surface area (Å²) in [7, 11) is 0. The number of aryl methyl sites for hydroxylation is 1. The highest BCUT2D eigenvalue weighted by molar-refractivity contribution is 5.44. The van der Waals surface area contributed by atoms with Crippen LogP contribution in [0.2, 0.25) is 0 Å². The molecule has 2 heterocycles. The minimum atomic E-state index is 0.703. The van der Waals surface area contributed by atoms with Crippen molar-refractivity contribution in [3.05, 3.63) is 35.8 Å².